The Balaban J connectivity index is 1.55. The van der Waals surface area contributed by atoms with Gasteiger partial charge in [0.1, 0.15) is 5.75 Å². The molecule has 0 bridgehead atoms. The van der Waals surface area contributed by atoms with Gasteiger partial charge in [0.25, 0.3) is 10.0 Å². The molecule has 3 aromatic rings. The lowest BCUT2D eigenvalue weighted by Gasteiger charge is -2.09. The van der Waals surface area contributed by atoms with Crippen molar-refractivity contribution in [2.45, 2.75) is 24.7 Å². The third-order valence-electron chi connectivity index (χ3n) is 4.46. The number of aryl methyl sites for hydroxylation is 1. The van der Waals surface area contributed by atoms with Crippen LogP contribution >= 0.6 is 0 Å². The third-order valence-corrected chi connectivity index (χ3v) is 5.80. The van der Waals surface area contributed by atoms with Crippen molar-refractivity contribution < 1.29 is 22.7 Å². The van der Waals surface area contributed by atoms with Crippen LogP contribution < -0.4 is 14.8 Å². The number of sulfonamides is 1. The molecule has 32 heavy (non-hydrogen) atoms. The van der Waals surface area contributed by atoms with Gasteiger partial charge >= 0.3 is 0 Å². The van der Waals surface area contributed by atoms with Gasteiger partial charge in [0.15, 0.2) is 5.78 Å². The summed E-state index contributed by atoms with van der Waals surface area (Å²) in [7, 11) is -2.33. The van der Waals surface area contributed by atoms with Crippen LogP contribution in [0.1, 0.15) is 28.9 Å². The summed E-state index contributed by atoms with van der Waals surface area (Å²) in [6, 6.07) is 14.0. The van der Waals surface area contributed by atoms with Crippen LogP contribution in [0.3, 0.4) is 0 Å². The number of hydrogen-bond acceptors (Lipinski definition) is 7. The molecule has 1 amide bonds. The molecule has 10 heteroatoms. The number of benzene rings is 2. The maximum atomic E-state index is 12.5. The van der Waals surface area contributed by atoms with Crippen LogP contribution in [0.25, 0.3) is 0 Å². The van der Waals surface area contributed by atoms with E-state index >= 15 is 0 Å². The minimum Gasteiger partial charge on any atom is -0.497 e. The van der Waals surface area contributed by atoms with Crippen LogP contribution in [-0.2, 0) is 14.8 Å². The molecular weight excluding hydrogens is 432 g/mol. The lowest BCUT2D eigenvalue weighted by atomic mass is 10.1. The summed E-state index contributed by atoms with van der Waals surface area (Å²) in [6.07, 6.45) is 1.50. The summed E-state index contributed by atoms with van der Waals surface area (Å²) >= 11 is 0. The number of methoxy groups -OCH3 is 1. The van der Waals surface area contributed by atoms with E-state index in [2.05, 4.69) is 20.0 Å². The highest BCUT2D eigenvalue weighted by Gasteiger charge is 2.16. The van der Waals surface area contributed by atoms with Crippen LogP contribution in [0.4, 0.5) is 11.6 Å². The van der Waals surface area contributed by atoms with Gasteiger partial charge in [0, 0.05) is 36.0 Å². The molecule has 0 saturated heterocycles. The Morgan fingerprint density at radius 1 is 0.969 bits per heavy atom. The second kappa shape index (κ2) is 10.0. The van der Waals surface area contributed by atoms with Crippen molar-refractivity contribution in [2.75, 3.05) is 17.1 Å². The lowest BCUT2D eigenvalue weighted by Crippen LogP contribution is -2.16. The first-order valence-corrected chi connectivity index (χ1v) is 11.1. The molecule has 0 aliphatic rings. The summed E-state index contributed by atoms with van der Waals surface area (Å²) < 4.78 is 32.3. The van der Waals surface area contributed by atoms with Gasteiger partial charge in [-0.05, 0) is 61.5 Å². The predicted octanol–water partition coefficient (Wildman–Crippen LogP) is 3.20. The molecule has 1 heterocycles. The maximum Gasteiger partial charge on any atom is 0.264 e. The Morgan fingerprint density at radius 2 is 1.66 bits per heavy atom. The van der Waals surface area contributed by atoms with E-state index in [1.54, 1.807) is 37.3 Å². The number of anilines is 2. The summed E-state index contributed by atoms with van der Waals surface area (Å²) in [6.45, 7) is 1.72. The standard InChI is InChI=1S/C22H22N4O5S/c1-15-13-14-23-22(24-15)26-32(29,30)19-9-5-17(6-10-19)25-21(28)12-11-20(27)16-3-7-18(31-2)8-4-16/h3-10,13-14H,11-12H2,1-2H3,(H,25,28)(H,23,24,26). The monoisotopic (exact) mass is 454 g/mol. The molecule has 3 rings (SSSR count). The van der Waals surface area contributed by atoms with Crippen molar-refractivity contribution in [1.29, 1.82) is 0 Å². The van der Waals surface area contributed by atoms with Gasteiger partial charge < -0.3 is 10.1 Å². The maximum absolute atomic E-state index is 12.5. The van der Waals surface area contributed by atoms with Crippen LogP contribution in [-0.4, -0.2) is 37.2 Å². The Bertz CT molecular complexity index is 1210. The normalized spacial score (nSPS) is 10.9. The SMILES string of the molecule is COc1ccc(C(=O)CCC(=O)Nc2ccc(S(=O)(=O)Nc3nccc(C)n3)cc2)cc1. The highest BCUT2D eigenvalue weighted by molar-refractivity contribution is 7.92. The van der Waals surface area contributed by atoms with Gasteiger partial charge in [-0.25, -0.2) is 23.1 Å². The summed E-state index contributed by atoms with van der Waals surface area (Å²) in [5, 5.41) is 2.65. The summed E-state index contributed by atoms with van der Waals surface area (Å²) in [4.78, 5) is 32.3. The topological polar surface area (TPSA) is 127 Å². The molecule has 9 nitrogen and oxygen atoms in total. The summed E-state index contributed by atoms with van der Waals surface area (Å²) in [5.41, 5.74) is 1.54. The fourth-order valence-electron chi connectivity index (χ4n) is 2.77. The van der Waals surface area contributed by atoms with Gasteiger partial charge in [0.05, 0.1) is 12.0 Å². The van der Waals surface area contributed by atoms with Crippen molar-refractivity contribution in [3.63, 3.8) is 0 Å². The molecule has 0 aliphatic carbocycles. The number of carbonyl (C=O) groups excluding carboxylic acids is 2. The second-order valence-electron chi connectivity index (χ2n) is 6.85. The van der Waals surface area contributed by atoms with E-state index in [1.807, 2.05) is 0 Å². The number of hydrogen-bond donors (Lipinski definition) is 2. The number of aromatic nitrogens is 2. The van der Waals surface area contributed by atoms with Crippen molar-refractivity contribution in [3.05, 3.63) is 72.1 Å². The first kappa shape index (κ1) is 22.9. The minimum absolute atomic E-state index is 0.00281. The minimum atomic E-state index is -3.87. The van der Waals surface area contributed by atoms with Crippen molar-refractivity contribution in [2.24, 2.45) is 0 Å². The summed E-state index contributed by atoms with van der Waals surface area (Å²) in [5.74, 6) is 0.109. The molecule has 0 aliphatic heterocycles. The first-order valence-electron chi connectivity index (χ1n) is 9.66. The number of nitrogens with zero attached hydrogens (tertiary/aromatic N) is 2. The van der Waals surface area contributed by atoms with Gasteiger partial charge in [-0.2, -0.15) is 0 Å². The zero-order chi connectivity index (χ0) is 23.1. The van der Waals surface area contributed by atoms with E-state index in [4.69, 9.17) is 4.74 Å². The van der Waals surface area contributed by atoms with Crippen LogP contribution in [0.2, 0.25) is 0 Å². The largest absolute Gasteiger partial charge is 0.497 e. The predicted molar refractivity (Wildman–Crippen MR) is 119 cm³/mol. The molecule has 2 N–H and O–H groups in total. The highest BCUT2D eigenvalue weighted by Crippen LogP contribution is 2.18. The first-order chi connectivity index (χ1) is 15.3. The number of amides is 1. The van der Waals surface area contributed by atoms with E-state index in [-0.39, 0.29) is 35.4 Å². The van der Waals surface area contributed by atoms with Gasteiger partial charge in [0.2, 0.25) is 11.9 Å². The van der Waals surface area contributed by atoms with E-state index in [0.717, 1.165) is 0 Å². The van der Waals surface area contributed by atoms with Crippen molar-refractivity contribution in [3.8, 4) is 5.75 Å². The van der Waals surface area contributed by atoms with Crippen molar-refractivity contribution >= 4 is 33.3 Å². The number of carbonyl (C=O) groups is 2. The van der Waals surface area contributed by atoms with Crippen molar-refractivity contribution in [1.82, 2.24) is 9.97 Å². The molecule has 0 spiro atoms. The van der Waals surface area contributed by atoms with E-state index in [1.165, 1.54) is 37.6 Å². The molecule has 166 valence electrons. The number of nitrogens with one attached hydrogen (secondary N) is 2. The highest BCUT2D eigenvalue weighted by atomic mass is 32.2. The molecule has 0 radical (unpaired) electrons. The fourth-order valence-corrected chi connectivity index (χ4v) is 3.72. The zero-order valence-corrected chi connectivity index (χ0v) is 18.3. The van der Waals surface area contributed by atoms with E-state index < -0.39 is 10.0 Å². The Hall–Kier alpha value is -3.79. The van der Waals surface area contributed by atoms with E-state index in [9.17, 15) is 18.0 Å². The Kier molecular flexibility index (Phi) is 7.16. The molecule has 0 unspecified atom stereocenters. The average molecular weight is 455 g/mol. The van der Waals surface area contributed by atoms with Crippen LogP contribution in [0.15, 0.2) is 65.7 Å². The number of ketones is 1. The Labute approximate surface area is 185 Å². The molecular formula is C22H22N4O5S. The average Bonchev–Trinajstić information content (AvgIpc) is 2.77. The molecule has 0 fully saturated rings. The van der Waals surface area contributed by atoms with Crippen LogP contribution in [0.5, 0.6) is 5.75 Å². The fraction of sp³-hybridized carbons (Fsp3) is 0.182. The van der Waals surface area contributed by atoms with Crippen LogP contribution in [0, 0.1) is 6.92 Å². The second-order valence-corrected chi connectivity index (χ2v) is 8.53. The molecule has 1 aromatic heterocycles. The lowest BCUT2D eigenvalue weighted by molar-refractivity contribution is -0.116. The van der Waals surface area contributed by atoms with Gasteiger partial charge in [-0.3, -0.25) is 9.59 Å². The number of Topliss-reactive ketones (excluding diaryl/α,β-unsaturated/α-hetero) is 1. The molecule has 0 saturated carbocycles. The molecule has 2 aromatic carbocycles. The molecule has 0 atom stereocenters. The third kappa shape index (κ3) is 6.11. The zero-order valence-electron chi connectivity index (χ0n) is 17.5. The van der Waals surface area contributed by atoms with Gasteiger partial charge in [-0.15, -0.1) is 0 Å². The Morgan fingerprint density at radius 3 is 2.28 bits per heavy atom. The quantitative estimate of drug-likeness (QED) is 0.475. The number of rotatable bonds is 9. The smallest absolute Gasteiger partial charge is 0.264 e. The number of ether oxygens (including phenoxy) is 1. The van der Waals surface area contributed by atoms with Gasteiger partial charge in [-0.1, -0.05) is 0 Å². The van der Waals surface area contributed by atoms with E-state index in [0.29, 0.717) is 22.7 Å².